The summed E-state index contributed by atoms with van der Waals surface area (Å²) in [6.07, 6.45) is 4.33. The van der Waals surface area contributed by atoms with Gasteiger partial charge in [0.2, 0.25) is 0 Å². The standard InChI is InChI=1S/C19H34N4O/c1-5-17(6-2)15-22-19(20-7-3)21-13-8-9-14-23-16(4)11-10-12-18(23)24/h10-12,17H,5-9,13-15H2,1-4H3,(H2,20,21,22). The Bertz CT molecular complexity index is 547. The lowest BCUT2D eigenvalue weighted by molar-refractivity contribution is 0.503. The van der Waals surface area contributed by atoms with Crippen molar-refractivity contribution in [2.45, 2.75) is 59.9 Å². The molecule has 1 aromatic rings. The number of rotatable bonds is 10. The second-order valence-electron chi connectivity index (χ2n) is 6.19. The molecule has 136 valence electrons. The molecule has 1 aromatic heterocycles. The van der Waals surface area contributed by atoms with Gasteiger partial charge in [-0.1, -0.05) is 32.8 Å². The quantitative estimate of drug-likeness (QED) is 0.393. The third kappa shape index (κ3) is 7.20. The number of aryl methyl sites for hydroxylation is 1. The lowest BCUT2D eigenvalue weighted by Crippen LogP contribution is -2.38. The minimum atomic E-state index is 0.0861. The van der Waals surface area contributed by atoms with Gasteiger partial charge >= 0.3 is 0 Å². The molecule has 5 nitrogen and oxygen atoms in total. The molecule has 0 aliphatic carbocycles. The minimum absolute atomic E-state index is 0.0861. The SMILES string of the molecule is CCNC(=NCC(CC)CC)NCCCCn1c(C)cccc1=O. The van der Waals surface area contributed by atoms with Crippen molar-refractivity contribution in [3.8, 4) is 0 Å². The number of aromatic nitrogens is 1. The van der Waals surface area contributed by atoms with Gasteiger partial charge in [0, 0.05) is 37.9 Å². The van der Waals surface area contributed by atoms with E-state index in [1.165, 1.54) is 12.8 Å². The third-order valence-corrected chi connectivity index (χ3v) is 4.38. The zero-order valence-corrected chi connectivity index (χ0v) is 15.8. The molecule has 0 bridgehead atoms. The van der Waals surface area contributed by atoms with Crippen LogP contribution in [-0.4, -0.2) is 30.2 Å². The van der Waals surface area contributed by atoms with E-state index in [0.29, 0.717) is 5.92 Å². The Morgan fingerprint density at radius 3 is 2.54 bits per heavy atom. The van der Waals surface area contributed by atoms with E-state index in [4.69, 9.17) is 0 Å². The fraction of sp³-hybridized carbons (Fsp3) is 0.684. The van der Waals surface area contributed by atoms with Crippen molar-refractivity contribution < 1.29 is 0 Å². The molecule has 5 heteroatoms. The number of nitrogens with one attached hydrogen (secondary N) is 2. The lowest BCUT2D eigenvalue weighted by Gasteiger charge is -2.14. The van der Waals surface area contributed by atoms with Gasteiger partial charge in [-0.25, -0.2) is 0 Å². The van der Waals surface area contributed by atoms with E-state index in [0.717, 1.165) is 50.7 Å². The topological polar surface area (TPSA) is 58.4 Å². The van der Waals surface area contributed by atoms with Crippen LogP contribution in [0.4, 0.5) is 0 Å². The van der Waals surface area contributed by atoms with Gasteiger partial charge in [-0.3, -0.25) is 9.79 Å². The van der Waals surface area contributed by atoms with Crippen molar-refractivity contribution in [3.05, 3.63) is 34.2 Å². The first kappa shape index (κ1) is 20.3. The molecular formula is C19H34N4O. The Labute approximate surface area is 146 Å². The van der Waals surface area contributed by atoms with Gasteiger partial charge in [0.15, 0.2) is 5.96 Å². The maximum atomic E-state index is 11.8. The van der Waals surface area contributed by atoms with Crippen LogP contribution in [-0.2, 0) is 6.54 Å². The molecule has 1 heterocycles. The Balaban J connectivity index is 2.37. The molecule has 0 unspecified atom stereocenters. The molecule has 2 N–H and O–H groups in total. The molecule has 0 spiro atoms. The van der Waals surface area contributed by atoms with E-state index in [9.17, 15) is 4.79 Å². The minimum Gasteiger partial charge on any atom is -0.357 e. The van der Waals surface area contributed by atoms with Crippen LogP contribution in [0, 0.1) is 12.8 Å². The maximum absolute atomic E-state index is 11.8. The fourth-order valence-corrected chi connectivity index (χ4v) is 2.62. The number of hydrogen-bond acceptors (Lipinski definition) is 2. The molecule has 0 aliphatic heterocycles. The fourth-order valence-electron chi connectivity index (χ4n) is 2.62. The number of pyridine rings is 1. The molecule has 0 radical (unpaired) electrons. The largest absolute Gasteiger partial charge is 0.357 e. The summed E-state index contributed by atoms with van der Waals surface area (Å²) in [6, 6.07) is 5.42. The first-order valence-corrected chi connectivity index (χ1v) is 9.30. The third-order valence-electron chi connectivity index (χ3n) is 4.38. The van der Waals surface area contributed by atoms with E-state index in [-0.39, 0.29) is 5.56 Å². The predicted molar refractivity (Wildman–Crippen MR) is 103 cm³/mol. The van der Waals surface area contributed by atoms with Gasteiger partial charge in [0.25, 0.3) is 5.56 Å². The maximum Gasteiger partial charge on any atom is 0.250 e. The number of nitrogens with zero attached hydrogens (tertiary/aromatic N) is 2. The number of unbranched alkanes of at least 4 members (excludes halogenated alkanes) is 1. The van der Waals surface area contributed by atoms with Crippen LogP contribution in [0.5, 0.6) is 0 Å². The summed E-state index contributed by atoms with van der Waals surface area (Å²) < 4.78 is 1.84. The predicted octanol–water partition coefficient (Wildman–Crippen LogP) is 2.93. The molecule has 0 saturated heterocycles. The molecular weight excluding hydrogens is 300 g/mol. The first-order chi connectivity index (χ1) is 11.6. The Morgan fingerprint density at radius 2 is 1.92 bits per heavy atom. The van der Waals surface area contributed by atoms with Crippen molar-refractivity contribution in [3.63, 3.8) is 0 Å². The van der Waals surface area contributed by atoms with E-state index >= 15 is 0 Å². The summed E-state index contributed by atoms with van der Waals surface area (Å²) in [5, 5.41) is 6.69. The average molecular weight is 335 g/mol. The highest BCUT2D eigenvalue weighted by Crippen LogP contribution is 2.07. The smallest absolute Gasteiger partial charge is 0.250 e. The summed E-state index contributed by atoms with van der Waals surface area (Å²) in [5.41, 5.74) is 1.11. The van der Waals surface area contributed by atoms with Crippen LogP contribution < -0.4 is 16.2 Å². The van der Waals surface area contributed by atoms with Gasteiger partial charge < -0.3 is 15.2 Å². The molecule has 0 atom stereocenters. The van der Waals surface area contributed by atoms with Gasteiger partial charge in [0.05, 0.1) is 0 Å². The molecule has 24 heavy (non-hydrogen) atoms. The van der Waals surface area contributed by atoms with Crippen LogP contribution in [0.3, 0.4) is 0 Å². The summed E-state index contributed by atoms with van der Waals surface area (Å²) in [5.74, 6) is 1.56. The zero-order chi connectivity index (χ0) is 17.8. The molecule has 0 aromatic carbocycles. The molecule has 0 fully saturated rings. The van der Waals surface area contributed by atoms with Crippen molar-refractivity contribution in [1.82, 2.24) is 15.2 Å². The summed E-state index contributed by atoms with van der Waals surface area (Å²) in [4.78, 5) is 16.5. The number of guanidine groups is 1. The van der Waals surface area contributed by atoms with Crippen molar-refractivity contribution in [1.29, 1.82) is 0 Å². The highest BCUT2D eigenvalue weighted by molar-refractivity contribution is 5.79. The van der Waals surface area contributed by atoms with Crippen LogP contribution in [0.15, 0.2) is 28.0 Å². The number of hydrogen-bond donors (Lipinski definition) is 2. The van der Waals surface area contributed by atoms with E-state index in [1.807, 2.05) is 23.6 Å². The van der Waals surface area contributed by atoms with Gasteiger partial charge in [-0.2, -0.15) is 0 Å². The van der Waals surface area contributed by atoms with Crippen molar-refractivity contribution in [2.24, 2.45) is 10.9 Å². The summed E-state index contributed by atoms with van der Waals surface area (Å²) in [6.45, 7) is 11.9. The van der Waals surface area contributed by atoms with E-state index < -0.39 is 0 Å². The Morgan fingerprint density at radius 1 is 1.17 bits per heavy atom. The zero-order valence-electron chi connectivity index (χ0n) is 15.8. The molecule has 0 amide bonds. The van der Waals surface area contributed by atoms with Gasteiger partial charge in [-0.15, -0.1) is 0 Å². The Hall–Kier alpha value is -1.78. The van der Waals surface area contributed by atoms with Crippen LogP contribution >= 0.6 is 0 Å². The van der Waals surface area contributed by atoms with Crippen molar-refractivity contribution >= 4 is 5.96 Å². The highest BCUT2D eigenvalue weighted by atomic mass is 16.1. The lowest BCUT2D eigenvalue weighted by atomic mass is 10.0. The monoisotopic (exact) mass is 334 g/mol. The second kappa shape index (κ2) is 11.7. The second-order valence-corrected chi connectivity index (χ2v) is 6.19. The highest BCUT2D eigenvalue weighted by Gasteiger charge is 2.04. The first-order valence-electron chi connectivity index (χ1n) is 9.30. The van der Waals surface area contributed by atoms with Gasteiger partial charge in [-0.05, 0) is 38.7 Å². The average Bonchev–Trinajstić information content (AvgIpc) is 2.57. The van der Waals surface area contributed by atoms with Crippen molar-refractivity contribution in [2.75, 3.05) is 19.6 Å². The van der Waals surface area contributed by atoms with E-state index in [2.05, 4.69) is 36.4 Å². The van der Waals surface area contributed by atoms with Crippen LogP contribution in [0.2, 0.25) is 0 Å². The normalized spacial score (nSPS) is 11.8. The number of aliphatic imine (C=N–C) groups is 1. The summed E-state index contributed by atoms with van der Waals surface area (Å²) in [7, 11) is 0. The summed E-state index contributed by atoms with van der Waals surface area (Å²) >= 11 is 0. The molecule has 0 saturated carbocycles. The molecule has 0 aliphatic rings. The van der Waals surface area contributed by atoms with E-state index in [1.54, 1.807) is 6.07 Å². The Kier molecular flexibility index (Phi) is 9.89. The van der Waals surface area contributed by atoms with Crippen LogP contribution in [0.25, 0.3) is 0 Å². The van der Waals surface area contributed by atoms with Gasteiger partial charge in [0.1, 0.15) is 0 Å². The van der Waals surface area contributed by atoms with Crippen LogP contribution in [0.1, 0.15) is 52.1 Å². The molecule has 1 rings (SSSR count).